The molecule has 0 radical (unpaired) electrons. The van der Waals surface area contributed by atoms with Crippen LogP contribution in [0.3, 0.4) is 0 Å². The lowest BCUT2D eigenvalue weighted by atomic mass is 9.96. The number of hydrogen-bond acceptors (Lipinski definition) is 1. The molecule has 4 heteroatoms. The summed E-state index contributed by atoms with van der Waals surface area (Å²) < 4.78 is 40.0. The van der Waals surface area contributed by atoms with Gasteiger partial charge in [0.1, 0.15) is 0 Å². The first-order valence-corrected chi connectivity index (χ1v) is 6.66. The van der Waals surface area contributed by atoms with Gasteiger partial charge in [0.05, 0.1) is 5.52 Å². The van der Waals surface area contributed by atoms with Crippen LogP contribution in [0.4, 0.5) is 13.2 Å². The lowest BCUT2D eigenvalue weighted by Crippen LogP contribution is -2.10. The van der Waals surface area contributed by atoms with Gasteiger partial charge in [0.2, 0.25) is 0 Å². The Morgan fingerprint density at radius 1 is 0.857 bits per heavy atom. The van der Waals surface area contributed by atoms with Crippen LogP contribution in [0, 0.1) is 20.8 Å². The zero-order chi connectivity index (χ0) is 15.4. The molecule has 0 N–H and O–H groups in total. The van der Waals surface area contributed by atoms with Gasteiger partial charge in [-0.2, -0.15) is 13.2 Å². The van der Waals surface area contributed by atoms with Gasteiger partial charge in [-0.3, -0.25) is 0 Å². The van der Waals surface area contributed by atoms with E-state index in [-0.39, 0.29) is 5.39 Å². The second-order valence-corrected chi connectivity index (χ2v) is 5.48. The van der Waals surface area contributed by atoms with Crippen molar-refractivity contribution in [2.75, 3.05) is 0 Å². The minimum atomic E-state index is -4.46. The van der Waals surface area contributed by atoms with Crippen LogP contribution in [0.15, 0.2) is 30.3 Å². The van der Waals surface area contributed by atoms with Crippen molar-refractivity contribution in [2.24, 2.45) is 0 Å². The molecule has 2 aromatic carbocycles. The third kappa shape index (κ3) is 2.24. The molecule has 0 spiro atoms. The van der Waals surface area contributed by atoms with Crippen molar-refractivity contribution in [3.63, 3.8) is 0 Å². The van der Waals surface area contributed by atoms with Gasteiger partial charge in [0.15, 0.2) is 5.69 Å². The Kier molecular flexibility index (Phi) is 2.94. The van der Waals surface area contributed by atoms with E-state index in [1.165, 1.54) is 0 Å². The third-order valence-corrected chi connectivity index (χ3v) is 3.66. The summed E-state index contributed by atoms with van der Waals surface area (Å²) in [4.78, 5) is 3.88. The Balaban J connectivity index is 2.61. The Bertz CT molecular complexity index is 863. The number of halogens is 3. The van der Waals surface area contributed by atoms with Crippen molar-refractivity contribution in [3.05, 3.63) is 52.7 Å². The van der Waals surface area contributed by atoms with Gasteiger partial charge >= 0.3 is 6.18 Å². The number of pyridine rings is 1. The molecule has 0 aliphatic carbocycles. The van der Waals surface area contributed by atoms with Crippen LogP contribution in [0.5, 0.6) is 0 Å². The second kappa shape index (κ2) is 4.45. The average Bonchev–Trinajstić information content (AvgIpc) is 2.36. The van der Waals surface area contributed by atoms with Crippen LogP contribution in [-0.4, -0.2) is 4.98 Å². The molecule has 1 nitrogen and oxygen atoms in total. The predicted molar refractivity (Wildman–Crippen MR) is 78.5 cm³/mol. The predicted octanol–water partition coefficient (Wildman–Crippen LogP) is 5.33. The Labute approximate surface area is 120 Å². The van der Waals surface area contributed by atoms with E-state index in [2.05, 4.69) is 4.98 Å². The quantitative estimate of drug-likeness (QED) is 0.509. The van der Waals surface area contributed by atoms with Crippen LogP contribution >= 0.6 is 0 Å². The highest BCUT2D eigenvalue weighted by Gasteiger charge is 2.35. The Morgan fingerprint density at radius 3 is 2.19 bits per heavy atom. The van der Waals surface area contributed by atoms with Crippen LogP contribution in [0.1, 0.15) is 22.4 Å². The molecule has 0 saturated heterocycles. The van der Waals surface area contributed by atoms with E-state index in [1.807, 2.05) is 19.9 Å². The van der Waals surface area contributed by atoms with Gasteiger partial charge in [-0.1, -0.05) is 29.3 Å². The highest BCUT2D eigenvalue weighted by atomic mass is 19.4. The van der Waals surface area contributed by atoms with E-state index in [0.717, 1.165) is 16.5 Å². The summed E-state index contributed by atoms with van der Waals surface area (Å²) in [6.45, 7) is 5.52. The molecule has 0 unspecified atom stereocenters. The molecule has 0 fully saturated rings. The molecular formula is C17H14F3N. The van der Waals surface area contributed by atoms with Gasteiger partial charge in [-0.15, -0.1) is 0 Å². The number of alkyl halides is 3. The minimum Gasteiger partial charge on any atom is -0.243 e. The largest absolute Gasteiger partial charge is 0.433 e. The topological polar surface area (TPSA) is 12.9 Å². The number of nitrogens with zero attached hydrogens (tertiary/aromatic N) is 1. The Morgan fingerprint density at radius 2 is 1.52 bits per heavy atom. The van der Waals surface area contributed by atoms with Gasteiger partial charge in [-0.05, 0) is 43.9 Å². The molecule has 0 bridgehead atoms. The molecule has 0 aliphatic heterocycles. The lowest BCUT2D eigenvalue weighted by molar-refractivity contribution is -0.139. The van der Waals surface area contributed by atoms with E-state index in [0.29, 0.717) is 16.5 Å². The maximum Gasteiger partial charge on any atom is 0.433 e. The van der Waals surface area contributed by atoms with Crippen molar-refractivity contribution in [1.82, 2.24) is 4.98 Å². The van der Waals surface area contributed by atoms with Gasteiger partial charge in [0, 0.05) is 10.8 Å². The molecule has 3 rings (SSSR count). The average molecular weight is 289 g/mol. The van der Waals surface area contributed by atoms with Crippen LogP contribution in [-0.2, 0) is 6.18 Å². The molecule has 0 saturated carbocycles. The second-order valence-electron chi connectivity index (χ2n) is 5.48. The van der Waals surface area contributed by atoms with Crippen LogP contribution < -0.4 is 0 Å². The third-order valence-electron chi connectivity index (χ3n) is 3.66. The molecule has 108 valence electrons. The summed E-state index contributed by atoms with van der Waals surface area (Å²) in [5, 5.41) is 1.59. The summed E-state index contributed by atoms with van der Waals surface area (Å²) in [7, 11) is 0. The molecule has 3 aromatic rings. The number of aromatic nitrogens is 1. The van der Waals surface area contributed by atoms with E-state index >= 15 is 0 Å². The van der Waals surface area contributed by atoms with E-state index in [9.17, 15) is 13.2 Å². The molecular weight excluding hydrogens is 275 g/mol. The lowest BCUT2D eigenvalue weighted by Gasteiger charge is -2.15. The first-order chi connectivity index (χ1) is 9.77. The molecule has 0 amide bonds. The number of rotatable bonds is 0. The fourth-order valence-electron chi connectivity index (χ4n) is 2.84. The summed E-state index contributed by atoms with van der Waals surface area (Å²) in [6.07, 6.45) is -4.46. The zero-order valence-electron chi connectivity index (χ0n) is 12.0. The van der Waals surface area contributed by atoms with Crippen LogP contribution in [0.2, 0.25) is 0 Å². The SMILES string of the molecule is Cc1ccc2nc(C(F)(F)F)c3c(C)cc(C)cc3c2c1. The number of benzene rings is 2. The van der Waals surface area contributed by atoms with Crippen molar-refractivity contribution in [3.8, 4) is 0 Å². The van der Waals surface area contributed by atoms with Gasteiger partial charge in [-0.25, -0.2) is 4.98 Å². The van der Waals surface area contributed by atoms with Crippen LogP contribution in [0.25, 0.3) is 21.7 Å². The molecule has 1 heterocycles. The number of hydrogen-bond donors (Lipinski definition) is 0. The summed E-state index contributed by atoms with van der Waals surface area (Å²) in [5.74, 6) is 0. The Hall–Kier alpha value is -2.10. The van der Waals surface area contributed by atoms with Crippen molar-refractivity contribution in [1.29, 1.82) is 0 Å². The maximum atomic E-state index is 13.3. The summed E-state index contributed by atoms with van der Waals surface area (Å²) in [5.41, 5.74) is 2.14. The smallest absolute Gasteiger partial charge is 0.243 e. The highest BCUT2D eigenvalue weighted by Crippen LogP contribution is 2.38. The highest BCUT2D eigenvalue weighted by molar-refractivity contribution is 6.08. The fourth-order valence-corrected chi connectivity index (χ4v) is 2.84. The van der Waals surface area contributed by atoms with Gasteiger partial charge < -0.3 is 0 Å². The zero-order valence-corrected chi connectivity index (χ0v) is 12.0. The number of fused-ring (bicyclic) bond motifs is 3. The minimum absolute atomic E-state index is 0.200. The monoisotopic (exact) mass is 289 g/mol. The maximum absolute atomic E-state index is 13.3. The standard InChI is InChI=1S/C17H14F3N/c1-9-4-5-14-12(7-9)13-8-10(2)6-11(3)15(13)16(21-14)17(18,19)20/h4-8H,1-3H3. The van der Waals surface area contributed by atoms with Crippen molar-refractivity contribution in [2.45, 2.75) is 26.9 Å². The van der Waals surface area contributed by atoms with Crippen molar-refractivity contribution >= 4 is 21.7 Å². The normalized spacial score (nSPS) is 12.3. The molecule has 1 aromatic heterocycles. The fraction of sp³-hybridized carbons (Fsp3) is 0.235. The van der Waals surface area contributed by atoms with E-state index < -0.39 is 11.9 Å². The van der Waals surface area contributed by atoms with Gasteiger partial charge in [0.25, 0.3) is 0 Å². The van der Waals surface area contributed by atoms with Crippen molar-refractivity contribution < 1.29 is 13.2 Å². The first-order valence-electron chi connectivity index (χ1n) is 6.66. The van der Waals surface area contributed by atoms with E-state index in [4.69, 9.17) is 0 Å². The van der Waals surface area contributed by atoms with E-state index in [1.54, 1.807) is 31.2 Å². The number of aryl methyl sites for hydroxylation is 3. The molecule has 0 atom stereocenters. The molecule has 21 heavy (non-hydrogen) atoms. The molecule has 0 aliphatic rings. The first kappa shape index (κ1) is 13.9. The summed E-state index contributed by atoms with van der Waals surface area (Å²) in [6, 6.07) is 8.90. The summed E-state index contributed by atoms with van der Waals surface area (Å²) >= 11 is 0.